The molecule has 1 amide bonds. The molecule has 5 heteroatoms. The summed E-state index contributed by atoms with van der Waals surface area (Å²) in [7, 11) is 0. The maximum atomic E-state index is 13.3. The summed E-state index contributed by atoms with van der Waals surface area (Å²) in [6.07, 6.45) is 2.90. The second kappa shape index (κ2) is 7.47. The Morgan fingerprint density at radius 1 is 1.03 bits per heavy atom. The highest BCUT2D eigenvalue weighted by atomic mass is 16.5. The maximum absolute atomic E-state index is 13.3. The molecule has 1 saturated heterocycles. The summed E-state index contributed by atoms with van der Waals surface area (Å²) in [5.41, 5.74) is 3.37. The number of aryl methyl sites for hydroxylation is 1. The van der Waals surface area contributed by atoms with Crippen molar-refractivity contribution < 1.29 is 14.3 Å². The van der Waals surface area contributed by atoms with Gasteiger partial charge in [0, 0.05) is 24.2 Å². The van der Waals surface area contributed by atoms with Gasteiger partial charge in [-0.2, -0.15) is 0 Å². The largest absolute Gasteiger partial charge is 0.490 e. The number of ether oxygens (including phenoxy) is 2. The monoisotopic (exact) mass is 390 g/mol. The lowest BCUT2D eigenvalue weighted by atomic mass is 10.0. The van der Waals surface area contributed by atoms with Crippen LogP contribution in [-0.2, 0) is 11.3 Å². The van der Waals surface area contributed by atoms with E-state index in [1.54, 1.807) is 0 Å². The lowest BCUT2D eigenvalue weighted by molar-refractivity contribution is -0.132. The molecule has 0 N–H and O–H groups in total. The smallest absolute Gasteiger partial charge is 0.243 e. The summed E-state index contributed by atoms with van der Waals surface area (Å²) in [6, 6.07) is 16.6. The van der Waals surface area contributed by atoms with Gasteiger partial charge in [0.25, 0.3) is 0 Å². The lowest BCUT2D eigenvalue weighted by Gasteiger charge is -2.26. The first kappa shape index (κ1) is 18.1. The Kier molecular flexibility index (Phi) is 4.66. The normalized spacial score (nSPS) is 18.8. The van der Waals surface area contributed by atoms with Crippen LogP contribution >= 0.6 is 0 Å². The standard InChI is InChI=1S/C24H26N2O3/c1-17-14-18-6-2-3-7-21(18)26(17)16-24(27)25-11-4-8-20(25)19-9-10-22-23(15-19)29-13-5-12-28-22/h2-3,6-7,9-10,14-15,20H,4-5,8,11-13,16H2,1H3/t20-/m0/s1. The first-order valence-electron chi connectivity index (χ1n) is 10.4. The van der Waals surface area contributed by atoms with Gasteiger partial charge in [-0.1, -0.05) is 24.3 Å². The van der Waals surface area contributed by atoms with Crippen LogP contribution in [0.25, 0.3) is 10.9 Å². The Balaban J connectivity index is 1.40. The molecule has 1 fully saturated rings. The molecule has 1 aromatic heterocycles. The first-order valence-corrected chi connectivity index (χ1v) is 10.4. The molecular weight excluding hydrogens is 364 g/mol. The summed E-state index contributed by atoms with van der Waals surface area (Å²) in [4.78, 5) is 15.3. The number of hydrogen-bond acceptors (Lipinski definition) is 3. The Morgan fingerprint density at radius 3 is 2.76 bits per heavy atom. The molecule has 3 heterocycles. The summed E-state index contributed by atoms with van der Waals surface area (Å²) in [6.45, 7) is 4.60. The molecule has 5 rings (SSSR count). The van der Waals surface area contributed by atoms with Gasteiger partial charge in [-0.25, -0.2) is 0 Å². The molecular formula is C24H26N2O3. The zero-order chi connectivity index (χ0) is 19.8. The summed E-state index contributed by atoms with van der Waals surface area (Å²) in [5, 5.41) is 1.18. The van der Waals surface area contributed by atoms with E-state index in [1.165, 1.54) is 5.39 Å². The molecule has 0 saturated carbocycles. The van der Waals surface area contributed by atoms with Crippen molar-refractivity contribution in [2.45, 2.75) is 38.8 Å². The van der Waals surface area contributed by atoms with E-state index in [1.807, 2.05) is 23.1 Å². The highest BCUT2D eigenvalue weighted by Crippen LogP contribution is 2.38. The van der Waals surface area contributed by atoms with Crippen molar-refractivity contribution >= 4 is 16.8 Å². The van der Waals surface area contributed by atoms with Crippen LogP contribution in [0.2, 0.25) is 0 Å². The molecule has 29 heavy (non-hydrogen) atoms. The van der Waals surface area contributed by atoms with Gasteiger partial charge >= 0.3 is 0 Å². The number of benzene rings is 2. The maximum Gasteiger partial charge on any atom is 0.243 e. The Hall–Kier alpha value is -2.95. The second-order valence-electron chi connectivity index (χ2n) is 7.93. The zero-order valence-electron chi connectivity index (χ0n) is 16.8. The van der Waals surface area contributed by atoms with E-state index in [4.69, 9.17) is 9.47 Å². The Morgan fingerprint density at radius 2 is 1.86 bits per heavy atom. The first-order chi connectivity index (χ1) is 14.2. The van der Waals surface area contributed by atoms with Gasteiger partial charge in [-0.3, -0.25) is 4.79 Å². The average Bonchev–Trinajstić information content (AvgIpc) is 3.26. The van der Waals surface area contributed by atoms with Crippen LogP contribution in [0.15, 0.2) is 48.5 Å². The fourth-order valence-corrected chi connectivity index (χ4v) is 4.58. The van der Waals surface area contributed by atoms with Crippen molar-refractivity contribution in [1.82, 2.24) is 9.47 Å². The van der Waals surface area contributed by atoms with Crippen molar-refractivity contribution in [1.29, 1.82) is 0 Å². The fourth-order valence-electron chi connectivity index (χ4n) is 4.58. The minimum Gasteiger partial charge on any atom is -0.490 e. The van der Waals surface area contributed by atoms with Crippen molar-refractivity contribution in [3.8, 4) is 11.5 Å². The number of carbonyl (C=O) groups excluding carboxylic acids is 1. The van der Waals surface area contributed by atoms with Gasteiger partial charge in [0.2, 0.25) is 5.91 Å². The van der Waals surface area contributed by atoms with Crippen LogP contribution in [0.5, 0.6) is 11.5 Å². The lowest BCUT2D eigenvalue weighted by Crippen LogP contribution is -2.33. The molecule has 5 nitrogen and oxygen atoms in total. The van der Waals surface area contributed by atoms with Crippen molar-refractivity contribution in [2.24, 2.45) is 0 Å². The van der Waals surface area contributed by atoms with E-state index >= 15 is 0 Å². The molecule has 2 aromatic carbocycles. The van der Waals surface area contributed by atoms with Crippen LogP contribution in [0.1, 0.15) is 36.6 Å². The predicted molar refractivity (Wildman–Crippen MR) is 112 cm³/mol. The van der Waals surface area contributed by atoms with Gasteiger partial charge in [-0.15, -0.1) is 0 Å². The number of hydrogen-bond donors (Lipinski definition) is 0. The minimum atomic E-state index is 0.0989. The number of aromatic nitrogens is 1. The zero-order valence-corrected chi connectivity index (χ0v) is 16.8. The molecule has 0 unspecified atom stereocenters. The topological polar surface area (TPSA) is 43.7 Å². The van der Waals surface area contributed by atoms with E-state index in [2.05, 4.69) is 41.8 Å². The SMILES string of the molecule is Cc1cc2ccccc2n1CC(=O)N1CCC[C@H]1c1ccc2c(c1)OCCCO2. The Labute approximate surface area is 170 Å². The molecule has 0 spiro atoms. The van der Waals surface area contributed by atoms with Gasteiger partial charge in [-0.05, 0) is 55.0 Å². The fraction of sp³-hybridized carbons (Fsp3) is 0.375. The average molecular weight is 390 g/mol. The van der Waals surface area contributed by atoms with E-state index in [0.29, 0.717) is 19.8 Å². The Bertz CT molecular complexity index is 1060. The third kappa shape index (κ3) is 3.35. The highest BCUT2D eigenvalue weighted by Gasteiger charge is 2.31. The number of amides is 1. The molecule has 1 atom stereocenters. The van der Waals surface area contributed by atoms with E-state index in [0.717, 1.165) is 54.1 Å². The second-order valence-corrected chi connectivity index (χ2v) is 7.93. The third-order valence-corrected chi connectivity index (χ3v) is 6.04. The number of likely N-dealkylation sites (tertiary alicyclic amines) is 1. The summed E-state index contributed by atoms with van der Waals surface area (Å²) < 4.78 is 13.7. The quantitative estimate of drug-likeness (QED) is 0.663. The van der Waals surface area contributed by atoms with Gasteiger partial charge in [0.15, 0.2) is 11.5 Å². The van der Waals surface area contributed by atoms with Crippen LogP contribution in [0.4, 0.5) is 0 Å². The van der Waals surface area contributed by atoms with Crippen LogP contribution in [0, 0.1) is 6.92 Å². The van der Waals surface area contributed by atoms with Gasteiger partial charge in [0.05, 0.1) is 19.3 Å². The number of carbonyl (C=O) groups is 1. The highest BCUT2D eigenvalue weighted by molar-refractivity contribution is 5.84. The van der Waals surface area contributed by atoms with Crippen LogP contribution in [-0.4, -0.2) is 35.1 Å². The number of para-hydroxylation sites is 1. The van der Waals surface area contributed by atoms with Crippen LogP contribution < -0.4 is 9.47 Å². The molecule has 3 aromatic rings. The predicted octanol–water partition coefficient (Wildman–Crippen LogP) is 4.47. The summed E-state index contributed by atoms with van der Waals surface area (Å²) >= 11 is 0. The molecule has 0 aliphatic carbocycles. The molecule has 2 aliphatic rings. The van der Waals surface area contributed by atoms with Crippen molar-refractivity contribution in [3.63, 3.8) is 0 Å². The molecule has 150 valence electrons. The van der Waals surface area contributed by atoms with E-state index in [-0.39, 0.29) is 11.9 Å². The van der Waals surface area contributed by atoms with Gasteiger partial charge in [0.1, 0.15) is 6.54 Å². The van der Waals surface area contributed by atoms with E-state index < -0.39 is 0 Å². The van der Waals surface area contributed by atoms with Gasteiger partial charge < -0.3 is 18.9 Å². The van der Waals surface area contributed by atoms with Crippen molar-refractivity contribution in [3.05, 3.63) is 59.8 Å². The number of nitrogens with zero attached hydrogens (tertiary/aromatic N) is 2. The summed E-state index contributed by atoms with van der Waals surface area (Å²) in [5.74, 6) is 1.77. The minimum absolute atomic E-state index is 0.0989. The molecule has 0 bridgehead atoms. The number of rotatable bonds is 3. The van der Waals surface area contributed by atoms with Crippen molar-refractivity contribution in [2.75, 3.05) is 19.8 Å². The number of fused-ring (bicyclic) bond motifs is 2. The molecule has 2 aliphatic heterocycles. The van der Waals surface area contributed by atoms with E-state index in [9.17, 15) is 4.79 Å². The van der Waals surface area contributed by atoms with Crippen LogP contribution in [0.3, 0.4) is 0 Å². The third-order valence-electron chi connectivity index (χ3n) is 6.04. The molecule has 0 radical (unpaired) electrons.